The molecule has 0 aliphatic carbocycles. The Morgan fingerprint density at radius 1 is 1.09 bits per heavy atom. The molecular formula is C15H11BrF2N2O2. The van der Waals surface area contributed by atoms with E-state index in [9.17, 15) is 18.4 Å². The number of rotatable bonds is 4. The summed E-state index contributed by atoms with van der Waals surface area (Å²) >= 11 is 3.27. The van der Waals surface area contributed by atoms with Gasteiger partial charge in [0.05, 0.1) is 17.8 Å². The second-order valence-electron chi connectivity index (χ2n) is 4.33. The molecule has 2 amide bonds. The van der Waals surface area contributed by atoms with Crippen LogP contribution in [0.2, 0.25) is 0 Å². The molecule has 0 atom stereocenters. The van der Waals surface area contributed by atoms with Gasteiger partial charge in [0.1, 0.15) is 11.6 Å². The summed E-state index contributed by atoms with van der Waals surface area (Å²) in [5.41, 5.74) is 0.0902. The smallest absolute Gasteiger partial charge is 0.254 e. The van der Waals surface area contributed by atoms with E-state index in [1.807, 2.05) is 0 Å². The van der Waals surface area contributed by atoms with Crippen molar-refractivity contribution in [3.8, 4) is 0 Å². The van der Waals surface area contributed by atoms with Gasteiger partial charge in [-0.15, -0.1) is 0 Å². The number of amides is 2. The van der Waals surface area contributed by atoms with Gasteiger partial charge in [-0.2, -0.15) is 0 Å². The molecule has 0 saturated heterocycles. The van der Waals surface area contributed by atoms with Crippen molar-refractivity contribution < 1.29 is 18.4 Å². The molecule has 0 aliphatic heterocycles. The SMILES string of the molecule is O=C(CNC(=O)c1cc(F)ccc1F)Nc1ccccc1Br. The number of anilines is 1. The largest absolute Gasteiger partial charge is 0.343 e. The molecule has 0 unspecified atom stereocenters. The quantitative estimate of drug-likeness (QED) is 0.870. The van der Waals surface area contributed by atoms with Crippen LogP contribution in [0.15, 0.2) is 46.9 Å². The van der Waals surface area contributed by atoms with Crippen molar-refractivity contribution in [3.63, 3.8) is 0 Å². The predicted molar refractivity (Wildman–Crippen MR) is 81.5 cm³/mol. The van der Waals surface area contributed by atoms with Crippen LogP contribution in [-0.4, -0.2) is 18.4 Å². The normalized spacial score (nSPS) is 10.1. The summed E-state index contributed by atoms with van der Waals surface area (Å²) in [6.07, 6.45) is 0. The maximum atomic E-state index is 13.4. The first kappa shape index (κ1) is 16.1. The molecule has 4 nitrogen and oxygen atoms in total. The summed E-state index contributed by atoms with van der Waals surface area (Å²) in [5, 5.41) is 4.81. The number of carbonyl (C=O) groups is 2. The summed E-state index contributed by atoms with van der Waals surface area (Å²) < 4.78 is 27.1. The van der Waals surface area contributed by atoms with Crippen molar-refractivity contribution in [1.82, 2.24) is 5.32 Å². The summed E-state index contributed by atoms with van der Waals surface area (Å²) in [6.45, 7) is -0.365. The van der Waals surface area contributed by atoms with Gasteiger partial charge in [0.2, 0.25) is 5.91 Å². The van der Waals surface area contributed by atoms with Crippen molar-refractivity contribution in [2.75, 3.05) is 11.9 Å². The average molecular weight is 369 g/mol. The van der Waals surface area contributed by atoms with Crippen molar-refractivity contribution in [2.45, 2.75) is 0 Å². The van der Waals surface area contributed by atoms with Crippen molar-refractivity contribution in [3.05, 3.63) is 64.1 Å². The minimum atomic E-state index is -0.862. The van der Waals surface area contributed by atoms with Gasteiger partial charge in [-0.25, -0.2) is 8.78 Å². The number of para-hydroxylation sites is 1. The first-order chi connectivity index (χ1) is 10.5. The lowest BCUT2D eigenvalue weighted by atomic mass is 10.2. The van der Waals surface area contributed by atoms with Crippen LogP contribution in [0.1, 0.15) is 10.4 Å². The third-order valence-electron chi connectivity index (χ3n) is 2.73. The fourth-order valence-corrected chi connectivity index (χ4v) is 2.07. The minimum absolute atomic E-state index is 0.365. The lowest BCUT2D eigenvalue weighted by Gasteiger charge is -2.09. The van der Waals surface area contributed by atoms with Crippen LogP contribution in [0.25, 0.3) is 0 Å². The number of nitrogens with one attached hydrogen (secondary N) is 2. The predicted octanol–water partition coefficient (Wildman–Crippen LogP) is 3.10. The number of benzene rings is 2. The van der Waals surface area contributed by atoms with Gasteiger partial charge in [-0.1, -0.05) is 12.1 Å². The molecule has 0 saturated carbocycles. The Hall–Kier alpha value is -2.28. The molecule has 22 heavy (non-hydrogen) atoms. The van der Waals surface area contributed by atoms with Crippen molar-refractivity contribution in [2.24, 2.45) is 0 Å². The van der Waals surface area contributed by atoms with E-state index in [-0.39, 0.29) is 6.54 Å². The highest BCUT2D eigenvalue weighted by atomic mass is 79.9. The molecule has 114 valence electrons. The Balaban J connectivity index is 1.95. The van der Waals surface area contributed by atoms with Crippen LogP contribution in [0.3, 0.4) is 0 Å². The molecule has 2 aromatic carbocycles. The Bertz CT molecular complexity index is 722. The number of halogens is 3. The van der Waals surface area contributed by atoms with Gasteiger partial charge < -0.3 is 10.6 Å². The molecule has 2 N–H and O–H groups in total. The molecule has 2 aromatic rings. The van der Waals surface area contributed by atoms with Crippen molar-refractivity contribution >= 4 is 33.4 Å². The third kappa shape index (κ3) is 4.11. The van der Waals surface area contributed by atoms with Gasteiger partial charge >= 0.3 is 0 Å². The van der Waals surface area contributed by atoms with E-state index in [2.05, 4.69) is 26.6 Å². The Morgan fingerprint density at radius 3 is 2.55 bits per heavy atom. The monoisotopic (exact) mass is 368 g/mol. The molecule has 0 aliphatic rings. The fraction of sp³-hybridized carbons (Fsp3) is 0.0667. The standard InChI is InChI=1S/C15H11BrF2N2O2/c16-11-3-1-2-4-13(11)20-14(21)8-19-15(22)10-7-9(17)5-6-12(10)18/h1-7H,8H2,(H,19,22)(H,20,21). The Morgan fingerprint density at radius 2 is 1.82 bits per heavy atom. The fourth-order valence-electron chi connectivity index (χ4n) is 1.68. The number of hydrogen-bond donors (Lipinski definition) is 2. The van der Waals surface area contributed by atoms with Crippen LogP contribution >= 0.6 is 15.9 Å². The van der Waals surface area contributed by atoms with Gasteiger partial charge in [-0.05, 0) is 46.3 Å². The van der Waals surface area contributed by atoms with Crippen LogP contribution in [0.4, 0.5) is 14.5 Å². The molecular weight excluding hydrogens is 358 g/mol. The van der Waals surface area contributed by atoms with Crippen LogP contribution in [0.5, 0.6) is 0 Å². The molecule has 0 heterocycles. The van der Waals surface area contributed by atoms with Gasteiger partial charge in [0.25, 0.3) is 5.91 Å². The van der Waals surface area contributed by atoms with E-state index in [4.69, 9.17) is 0 Å². The summed E-state index contributed by atoms with van der Waals surface area (Å²) in [7, 11) is 0. The van der Waals surface area contributed by atoms with E-state index in [0.717, 1.165) is 18.2 Å². The minimum Gasteiger partial charge on any atom is -0.343 e. The first-order valence-electron chi connectivity index (χ1n) is 6.25. The van der Waals surface area contributed by atoms with Crippen LogP contribution < -0.4 is 10.6 Å². The zero-order valence-electron chi connectivity index (χ0n) is 11.2. The van der Waals surface area contributed by atoms with Gasteiger partial charge in [-0.3, -0.25) is 9.59 Å². The Kier molecular flexibility index (Phi) is 5.21. The molecule has 0 fully saturated rings. The molecule has 0 radical (unpaired) electrons. The molecule has 7 heteroatoms. The summed E-state index contributed by atoms with van der Waals surface area (Å²) in [4.78, 5) is 23.5. The zero-order valence-corrected chi connectivity index (χ0v) is 12.8. The van der Waals surface area contributed by atoms with Crippen LogP contribution in [0, 0.1) is 11.6 Å². The van der Waals surface area contributed by atoms with E-state index in [1.165, 1.54) is 0 Å². The second-order valence-corrected chi connectivity index (χ2v) is 5.19. The average Bonchev–Trinajstić information content (AvgIpc) is 2.49. The Labute approximate surface area is 133 Å². The van der Waals surface area contributed by atoms with E-state index in [0.29, 0.717) is 10.2 Å². The summed E-state index contributed by atoms with van der Waals surface area (Å²) in [5.74, 6) is -2.94. The van der Waals surface area contributed by atoms with Crippen molar-refractivity contribution in [1.29, 1.82) is 0 Å². The summed E-state index contributed by atoms with van der Waals surface area (Å²) in [6, 6.07) is 9.48. The van der Waals surface area contributed by atoms with Crippen LogP contribution in [-0.2, 0) is 4.79 Å². The van der Waals surface area contributed by atoms with Gasteiger partial charge in [0, 0.05) is 4.47 Å². The highest BCUT2D eigenvalue weighted by Crippen LogP contribution is 2.20. The molecule has 0 bridgehead atoms. The number of hydrogen-bond acceptors (Lipinski definition) is 2. The third-order valence-corrected chi connectivity index (χ3v) is 3.42. The van der Waals surface area contributed by atoms with E-state index >= 15 is 0 Å². The first-order valence-corrected chi connectivity index (χ1v) is 7.04. The number of carbonyl (C=O) groups excluding carboxylic acids is 2. The molecule has 0 spiro atoms. The maximum absolute atomic E-state index is 13.4. The van der Waals surface area contributed by atoms with E-state index < -0.39 is 29.0 Å². The maximum Gasteiger partial charge on any atom is 0.254 e. The zero-order chi connectivity index (χ0) is 16.1. The molecule has 2 rings (SSSR count). The van der Waals surface area contributed by atoms with E-state index in [1.54, 1.807) is 24.3 Å². The highest BCUT2D eigenvalue weighted by molar-refractivity contribution is 9.10. The molecule has 0 aromatic heterocycles. The lowest BCUT2D eigenvalue weighted by Crippen LogP contribution is -2.33. The topological polar surface area (TPSA) is 58.2 Å². The van der Waals surface area contributed by atoms with Gasteiger partial charge in [0.15, 0.2) is 0 Å². The second kappa shape index (κ2) is 7.13. The lowest BCUT2D eigenvalue weighted by molar-refractivity contribution is -0.115. The highest BCUT2D eigenvalue weighted by Gasteiger charge is 2.14.